The summed E-state index contributed by atoms with van der Waals surface area (Å²) in [6, 6.07) is 8.34. The van der Waals surface area contributed by atoms with Crippen LogP contribution in [-0.2, 0) is 22.5 Å². The number of carbonyl (C=O) groups is 1. The summed E-state index contributed by atoms with van der Waals surface area (Å²) in [5.74, 6) is 0.265. The molecule has 0 radical (unpaired) electrons. The van der Waals surface area contributed by atoms with E-state index in [0.29, 0.717) is 6.42 Å². The van der Waals surface area contributed by atoms with E-state index in [1.165, 1.54) is 4.88 Å². The number of hydrogen-bond acceptors (Lipinski definition) is 4. The number of H-pyrrole nitrogens is 1. The molecular weight excluding hydrogens is 346 g/mol. The second-order valence-corrected chi connectivity index (χ2v) is 8.43. The third kappa shape index (κ3) is 4.19. The fraction of sp³-hybridized carbons (Fsp3) is 0.550. The summed E-state index contributed by atoms with van der Waals surface area (Å²) in [4.78, 5) is 21.6. The van der Waals surface area contributed by atoms with E-state index < -0.39 is 0 Å². The van der Waals surface area contributed by atoms with Crippen molar-refractivity contribution in [1.29, 1.82) is 0 Å². The van der Waals surface area contributed by atoms with Gasteiger partial charge in [0.25, 0.3) is 0 Å². The van der Waals surface area contributed by atoms with E-state index in [2.05, 4.69) is 27.4 Å². The Bertz CT molecular complexity index is 691. The van der Waals surface area contributed by atoms with E-state index in [4.69, 9.17) is 4.74 Å². The van der Waals surface area contributed by atoms with Gasteiger partial charge >= 0.3 is 0 Å². The van der Waals surface area contributed by atoms with Crippen LogP contribution in [0.25, 0.3) is 0 Å². The zero-order valence-electron chi connectivity index (χ0n) is 15.2. The van der Waals surface area contributed by atoms with E-state index in [9.17, 15) is 4.79 Å². The summed E-state index contributed by atoms with van der Waals surface area (Å²) in [5, 5.41) is 2.14. The normalized spacial score (nSPS) is 20.5. The number of nitrogens with one attached hydrogen (secondary N) is 1. The zero-order valence-corrected chi connectivity index (χ0v) is 16.0. The van der Waals surface area contributed by atoms with Crippen LogP contribution in [-0.4, -0.2) is 59.1 Å². The van der Waals surface area contributed by atoms with Crippen molar-refractivity contribution < 1.29 is 9.53 Å². The number of carbonyl (C=O) groups excluding carboxylic acids is 1. The molecule has 1 amide bonds. The number of piperidine rings is 1. The molecule has 4 heterocycles. The quantitative estimate of drug-likeness (QED) is 0.877. The van der Waals surface area contributed by atoms with Crippen LogP contribution in [0.2, 0.25) is 0 Å². The highest BCUT2D eigenvalue weighted by molar-refractivity contribution is 7.09. The molecule has 4 rings (SSSR count). The molecule has 2 aromatic heterocycles. The van der Waals surface area contributed by atoms with Crippen LogP contribution in [0.15, 0.2) is 35.8 Å². The number of hydrogen-bond donors (Lipinski definition) is 1. The molecule has 0 bridgehead atoms. The van der Waals surface area contributed by atoms with Gasteiger partial charge in [-0.15, -0.1) is 11.3 Å². The molecule has 0 unspecified atom stereocenters. The van der Waals surface area contributed by atoms with Gasteiger partial charge in [0, 0.05) is 55.9 Å². The van der Waals surface area contributed by atoms with Crippen molar-refractivity contribution in [3.05, 3.63) is 46.4 Å². The summed E-state index contributed by atoms with van der Waals surface area (Å²) < 4.78 is 6.22. The molecule has 0 saturated carbocycles. The van der Waals surface area contributed by atoms with Gasteiger partial charge in [0.15, 0.2) is 0 Å². The minimum absolute atomic E-state index is 0.0637. The zero-order chi connectivity index (χ0) is 17.8. The lowest BCUT2D eigenvalue weighted by molar-refractivity contribution is -0.151. The standard InChI is InChI=1S/C20H27N3O2S/c24-19(6-5-17-3-1-9-21-17)23-10-7-20(8-11-23)16-22(12-13-25-20)15-18-4-2-14-26-18/h1-4,9,14,21H,5-8,10-13,15-16H2. The lowest BCUT2D eigenvalue weighted by atomic mass is 9.89. The maximum atomic E-state index is 12.5. The minimum Gasteiger partial charge on any atom is -0.372 e. The molecule has 140 valence electrons. The van der Waals surface area contributed by atoms with E-state index in [1.807, 2.05) is 34.6 Å². The molecule has 2 aliphatic heterocycles. The van der Waals surface area contributed by atoms with Crippen molar-refractivity contribution in [3.63, 3.8) is 0 Å². The molecule has 6 heteroatoms. The predicted octanol–water partition coefficient (Wildman–Crippen LogP) is 2.90. The monoisotopic (exact) mass is 373 g/mol. The lowest BCUT2D eigenvalue weighted by Gasteiger charge is -2.47. The van der Waals surface area contributed by atoms with Gasteiger partial charge in [-0.25, -0.2) is 0 Å². The van der Waals surface area contributed by atoms with E-state index in [0.717, 1.165) is 64.3 Å². The molecule has 26 heavy (non-hydrogen) atoms. The summed E-state index contributed by atoms with van der Waals surface area (Å²) in [6.07, 6.45) is 5.18. The number of rotatable bonds is 5. The first-order valence-corrected chi connectivity index (χ1v) is 10.4. The van der Waals surface area contributed by atoms with Crippen LogP contribution >= 0.6 is 11.3 Å². The Balaban J connectivity index is 1.27. The van der Waals surface area contributed by atoms with Crippen LogP contribution in [0.3, 0.4) is 0 Å². The Labute approximate surface area is 159 Å². The Morgan fingerprint density at radius 2 is 2.12 bits per heavy atom. The van der Waals surface area contributed by atoms with Gasteiger partial charge < -0.3 is 14.6 Å². The molecule has 5 nitrogen and oxygen atoms in total. The Kier molecular flexibility index (Phi) is 5.43. The molecule has 2 aromatic rings. The average molecular weight is 374 g/mol. The molecular formula is C20H27N3O2S. The molecule has 0 atom stereocenters. The summed E-state index contributed by atoms with van der Waals surface area (Å²) in [5.41, 5.74) is 1.07. The first-order valence-electron chi connectivity index (χ1n) is 9.51. The Hall–Kier alpha value is -1.63. The smallest absolute Gasteiger partial charge is 0.222 e. The number of likely N-dealkylation sites (tertiary alicyclic amines) is 1. The van der Waals surface area contributed by atoms with Gasteiger partial charge in [-0.3, -0.25) is 9.69 Å². The van der Waals surface area contributed by atoms with Gasteiger partial charge in [0.05, 0.1) is 12.2 Å². The second kappa shape index (κ2) is 7.94. The lowest BCUT2D eigenvalue weighted by Crippen LogP contribution is -2.57. The highest BCUT2D eigenvalue weighted by atomic mass is 32.1. The van der Waals surface area contributed by atoms with Gasteiger partial charge in [-0.2, -0.15) is 0 Å². The predicted molar refractivity (Wildman–Crippen MR) is 103 cm³/mol. The van der Waals surface area contributed by atoms with Crippen LogP contribution in [0.4, 0.5) is 0 Å². The number of aryl methyl sites for hydroxylation is 1. The second-order valence-electron chi connectivity index (χ2n) is 7.40. The molecule has 2 saturated heterocycles. The fourth-order valence-electron chi connectivity index (χ4n) is 4.07. The van der Waals surface area contributed by atoms with Gasteiger partial charge in [-0.05, 0) is 42.8 Å². The van der Waals surface area contributed by atoms with Crippen molar-refractivity contribution in [3.8, 4) is 0 Å². The maximum Gasteiger partial charge on any atom is 0.222 e. The highest BCUT2D eigenvalue weighted by Crippen LogP contribution is 2.31. The topological polar surface area (TPSA) is 48.6 Å². The van der Waals surface area contributed by atoms with E-state index >= 15 is 0 Å². The molecule has 1 spiro atoms. The first kappa shape index (κ1) is 17.8. The van der Waals surface area contributed by atoms with Gasteiger partial charge in [0.1, 0.15) is 0 Å². The largest absolute Gasteiger partial charge is 0.372 e. The van der Waals surface area contributed by atoms with Gasteiger partial charge in [-0.1, -0.05) is 6.07 Å². The minimum atomic E-state index is -0.0637. The SMILES string of the molecule is O=C(CCc1ccc[nH]1)N1CCC2(CC1)CN(Cc1cccs1)CCO2. The van der Waals surface area contributed by atoms with Crippen LogP contribution in [0.1, 0.15) is 29.8 Å². The number of ether oxygens (including phenoxy) is 1. The van der Waals surface area contributed by atoms with Crippen LogP contribution in [0, 0.1) is 0 Å². The highest BCUT2D eigenvalue weighted by Gasteiger charge is 2.40. The molecule has 0 aromatic carbocycles. The summed E-state index contributed by atoms with van der Waals surface area (Å²) in [6.45, 7) is 5.42. The molecule has 2 fully saturated rings. The maximum absolute atomic E-state index is 12.5. The van der Waals surface area contributed by atoms with Crippen molar-refractivity contribution in [2.75, 3.05) is 32.8 Å². The third-order valence-corrected chi connectivity index (χ3v) is 6.45. The van der Waals surface area contributed by atoms with Crippen molar-refractivity contribution in [1.82, 2.24) is 14.8 Å². The van der Waals surface area contributed by atoms with Crippen LogP contribution in [0.5, 0.6) is 0 Å². The number of aromatic nitrogens is 1. The number of morpholine rings is 1. The molecule has 1 N–H and O–H groups in total. The Morgan fingerprint density at radius 3 is 2.85 bits per heavy atom. The Morgan fingerprint density at radius 1 is 1.23 bits per heavy atom. The molecule has 2 aliphatic rings. The number of amides is 1. The van der Waals surface area contributed by atoms with Crippen molar-refractivity contribution >= 4 is 17.2 Å². The molecule has 0 aliphatic carbocycles. The summed E-state index contributed by atoms with van der Waals surface area (Å²) in [7, 11) is 0. The fourth-order valence-corrected chi connectivity index (χ4v) is 4.82. The first-order chi connectivity index (χ1) is 12.7. The van der Waals surface area contributed by atoms with Crippen LogP contribution < -0.4 is 0 Å². The summed E-state index contributed by atoms with van der Waals surface area (Å²) >= 11 is 1.82. The average Bonchev–Trinajstić information content (AvgIpc) is 3.34. The van der Waals surface area contributed by atoms with E-state index in [1.54, 1.807) is 0 Å². The number of nitrogens with zero attached hydrogens (tertiary/aromatic N) is 2. The number of thiophene rings is 1. The third-order valence-electron chi connectivity index (χ3n) is 5.59. The van der Waals surface area contributed by atoms with E-state index in [-0.39, 0.29) is 11.5 Å². The van der Waals surface area contributed by atoms with Crippen molar-refractivity contribution in [2.24, 2.45) is 0 Å². The van der Waals surface area contributed by atoms with Gasteiger partial charge in [0.2, 0.25) is 5.91 Å². The number of aromatic amines is 1. The van der Waals surface area contributed by atoms with Crippen molar-refractivity contribution in [2.45, 2.75) is 37.8 Å².